The molecule has 0 radical (unpaired) electrons. The van der Waals surface area contributed by atoms with Crippen molar-refractivity contribution in [2.45, 2.75) is 32.7 Å². The highest BCUT2D eigenvalue weighted by molar-refractivity contribution is 6.06. The zero-order chi connectivity index (χ0) is 13.6. The molecule has 2 aliphatic rings. The molecule has 3 amide bonds. The van der Waals surface area contributed by atoms with Crippen molar-refractivity contribution >= 4 is 17.7 Å². The highest BCUT2D eigenvalue weighted by atomic mass is 16.2. The third-order valence-electron chi connectivity index (χ3n) is 3.92. The zero-order valence-corrected chi connectivity index (χ0v) is 11.0. The van der Waals surface area contributed by atoms with Crippen LogP contribution in [0.5, 0.6) is 0 Å². The predicted molar refractivity (Wildman–Crippen MR) is 64.5 cm³/mol. The summed E-state index contributed by atoms with van der Waals surface area (Å²) in [7, 11) is 0. The summed E-state index contributed by atoms with van der Waals surface area (Å²) in [4.78, 5) is 37.3. The van der Waals surface area contributed by atoms with Crippen molar-refractivity contribution in [2.24, 2.45) is 5.41 Å². The normalized spacial score (nSPS) is 31.4. The molecule has 0 aromatic heterocycles. The molecule has 2 rings (SSSR count). The van der Waals surface area contributed by atoms with Crippen molar-refractivity contribution in [2.75, 3.05) is 19.6 Å². The first kappa shape index (κ1) is 13.0. The number of piperazine rings is 1. The van der Waals surface area contributed by atoms with Crippen LogP contribution < -0.4 is 10.6 Å². The van der Waals surface area contributed by atoms with Crippen LogP contribution in [0.1, 0.15) is 27.2 Å². The Bertz CT molecular complexity index is 411. The van der Waals surface area contributed by atoms with Gasteiger partial charge in [-0.2, -0.15) is 0 Å². The number of amides is 3. The molecule has 6 heteroatoms. The summed E-state index contributed by atoms with van der Waals surface area (Å²) in [6, 6.07) is 0. The van der Waals surface area contributed by atoms with Crippen LogP contribution in [0, 0.1) is 5.41 Å². The van der Waals surface area contributed by atoms with Crippen LogP contribution in [-0.2, 0) is 14.4 Å². The van der Waals surface area contributed by atoms with Gasteiger partial charge in [0.1, 0.15) is 12.1 Å². The number of hydrogen-bond donors (Lipinski definition) is 2. The molecule has 0 bridgehead atoms. The minimum Gasteiger partial charge on any atom is -0.319 e. The summed E-state index contributed by atoms with van der Waals surface area (Å²) in [6.07, 6.45) is 0.730. The molecule has 18 heavy (non-hydrogen) atoms. The van der Waals surface area contributed by atoms with Gasteiger partial charge in [-0.25, -0.2) is 0 Å². The molecule has 0 spiro atoms. The predicted octanol–water partition coefficient (Wildman–Crippen LogP) is -0.750. The van der Waals surface area contributed by atoms with E-state index in [1.165, 1.54) is 4.90 Å². The summed E-state index contributed by atoms with van der Waals surface area (Å²) in [5.41, 5.74) is -1.49. The second-order valence-corrected chi connectivity index (χ2v) is 5.82. The first-order valence-electron chi connectivity index (χ1n) is 6.14. The van der Waals surface area contributed by atoms with E-state index < -0.39 is 22.8 Å². The Balaban J connectivity index is 2.27. The average Bonchev–Trinajstić information content (AvgIpc) is 2.71. The van der Waals surface area contributed by atoms with E-state index in [1.807, 2.05) is 6.92 Å². The molecule has 6 nitrogen and oxygen atoms in total. The Morgan fingerprint density at radius 3 is 2.50 bits per heavy atom. The molecule has 1 atom stereocenters. The van der Waals surface area contributed by atoms with E-state index in [0.29, 0.717) is 6.54 Å². The van der Waals surface area contributed by atoms with E-state index in [-0.39, 0.29) is 12.5 Å². The van der Waals surface area contributed by atoms with Crippen molar-refractivity contribution in [3.8, 4) is 0 Å². The van der Waals surface area contributed by atoms with Crippen molar-refractivity contribution in [1.29, 1.82) is 0 Å². The monoisotopic (exact) mass is 253 g/mol. The Kier molecular flexibility index (Phi) is 2.93. The van der Waals surface area contributed by atoms with Gasteiger partial charge in [-0.05, 0) is 33.7 Å². The van der Waals surface area contributed by atoms with Crippen LogP contribution in [0.2, 0.25) is 0 Å². The maximum absolute atomic E-state index is 12.6. The van der Waals surface area contributed by atoms with Crippen molar-refractivity contribution in [3.05, 3.63) is 0 Å². The van der Waals surface area contributed by atoms with Gasteiger partial charge in [-0.3, -0.25) is 19.7 Å². The number of hydrogen-bond acceptors (Lipinski definition) is 4. The van der Waals surface area contributed by atoms with E-state index >= 15 is 0 Å². The first-order chi connectivity index (χ1) is 8.27. The minimum atomic E-state index is -0.976. The van der Waals surface area contributed by atoms with Gasteiger partial charge in [0.2, 0.25) is 11.8 Å². The molecule has 2 heterocycles. The van der Waals surface area contributed by atoms with Crippen LogP contribution in [0.15, 0.2) is 0 Å². The lowest BCUT2D eigenvalue weighted by molar-refractivity contribution is -0.160. The van der Waals surface area contributed by atoms with Gasteiger partial charge in [0.25, 0.3) is 5.91 Å². The highest BCUT2D eigenvalue weighted by Gasteiger charge is 2.49. The third kappa shape index (κ3) is 1.90. The van der Waals surface area contributed by atoms with Crippen molar-refractivity contribution < 1.29 is 14.4 Å². The largest absolute Gasteiger partial charge is 0.319 e. The maximum Gasteiger partial charge on any atom is 0.252 e. The lowest BCUT2D eigenvalue weighted by atomic mass is 9.85. The molecule has 2 fully saturated rings. The summed E-state index contributed by atoms with van der Waals surface area (Å²) in [5, 5.41) is 5.42. The van der Waals surface area contributed by atoms with Crippen molar-refractivity contribution in [1.82, 2.24) is 15.5 Å². The van der Waals surface area contributed by atoms with Gasteiger partial charge >= 0.3 is 0 Å². The van der Waals surface area contributed by atoms with Crippen LogP contribution >= 0.6 is 0 Å². The maximum atomic E-state index is 12.6. The van der Waals surface area contributed by atoms with Gasteiger partial charge in [0, 0.05) is 6.54 Å². The lowest BCUT2D eigenvalue weighted by Crippen LogP contribution is -2.67. The summed E-state index contributed by atoms with van der Waals surface area (Å²) in [5.74, 6) is -0.954. The van der Waals surface area contributed by atoms with Gasteiger partial charge in [0.15, 0.2) is 0 Å². The van der Waals surface area contributed by atoms with E-state index in [1.54, 1.807) is 13.8 Å². The third-order valence-corrected chi connectivity index (χ3v) is 3.92. The number of carbonyl (C=O) groups is 3. The summed E-state index contributed by atoms with van der Waals surface area (Å²) < 4.78 is 0. The van der Waals surface area contributed by atoms with Crippen LogP contribution in [0.3, 0.4) is 0 Å². The number of nitrogens with zero attached hydrogens (tertiary/aromatic N) is 1. The average molecular weight is 253 g/mol. The smallest absolute Gasteiger partial charge is 0.252 e. The highest BCUT2D eigenvalue weighted by Crippen LogP contribution is 2.31. The van der Waals surface area contributed by atoms with E-state index in [9.17, 15) is 14.4 Å². The Labute approximate surface area is 106 Å². The molecule has 0 aromatic rings. The summed E-state index contributed by atoms with van der Waals surface area (Å²) >= 11 is 0. The molecule has 1 unspecified atom stereocenters. The van der Waals surface area contributed by atoms with E-state index in [0.717, 1.165) is 13.0 Å². The number of imide groups is 1. The van der Waals surface area contributed by atoms with Gasteiger partial charge in [0.05, 0.1) is 5.41 Å². The zero-order valence-electron chi connectivity index (χ0n) is 11.0. The minimum absolute atomic E-state index is 0.0484. The number of nitrogens with one attached hydrogen (secondary N) is 2. The molecular weight excluding hydrogens is 234 g/mol. The second kappa shape index (κ2) is 4.05. The van der Waals surface area contributed by atoms with E-state index in [4.69, 9.17) is 0 Å². The van der Waals surface area contributed by atoms with Crippen molar-refractivity contribution in [3.63, 3.8) is 0 Å². The van der Waals surface area contributed by atoms with Crippen LogP contribution in [0.25, 0.3) is 0 Å². The Morgan fingerprint density at radius 1 is 1.28 bits per heavy atom. The SMILES string of the molecule is CC1(C(=O)N2CC(=O)NC(=O)C2(C)C)CCNC1. The lowest BCUT2D eigenvalue weighted by Gasteiger charge is -2.43. The molecule has 2 N–H and O–H groups in total. The number of carbonyl (C=O) groups excluding carboxylic acids is 3. The second-order valence-electron chi connectivity index (χ2n) is 5.82. The Hall–Kier alpha value is -1.43. The van der Waals surface area contributed by atoms with Crippen LogP contribution in [-0.4, -0.2) is 47.8 Å². The fourth-order valence-electron chi connectivity index (χ4n) is 2.43. The van der Waals surface area contributed by atoms with Gasteiger partial charge in [-0.15, -0.1) is 0 Å². The molecule has 0 aliphatic carbocycles. The van der Waals surface area contributed by atoms with Gasteiger partial charge in [-0.1, -0.05) is 0 Å². The molecule has 0 saturated carbocycles. The molecular formula is C12H19N3O3. The first-order valence-corrected chi connectivity index (χ1v) is 6.14. The molecule has 2 aliphatic heterocycles. The molecule has 2 saturated heterocycles. The summed E-state index contributed by atoms with van der Waals surface area (Å²) in [6.45, 7) is 6.54. The number of rotatable bonds is 1. The van der Waals surface area contributed by atoms with E-state index in [2.05, 4.69) is 10.6 Å². The molecule has 0 aromatic carbocycles. The fraction of sp³-hybridized carbons (Fsp3) is 0.750. The quantitative estimate of drug-likeness (QED) is 0.603. The fourth-order valence-corrected chi connectivity index (χ4v) is 2.43. The standard InChI is InChI=1S/C12H19N3O3/c1-11(2)9(17)14-8(16)6-15(11)10(18)12(3)4-5-13-7-12/h13H,4-7H2,1-3H3,(H,14,16,17). The molecule has 100 valence electrons. The van der Waals surface area contributed by atoms with Gasteiger partial charge < -0.3 is 10.2 Å². The Morgan fingerprint density at radius 2 is 1.94 bits per heavy atom. The topological polar surface area (TPSA) is 78.5 Å². The van der Waals surface area contributed by atoms with Crippen LogP contribution in [0.4, 0.5) is 0 Å².